The number of carbonyl (C=O) groups excluding carboxylic acids is 8. The second-order valence-electron chi connectivity index (χ2n) is 20.8. The Hall–Kier alpha value is -7.69. The summed E-state index contributed by atoms with van der Waals surface area (Å²) in [5.41, 5.74) is 15.4. The lowest BCUT2D eigenvalue weighted by molar-refractivity contribution is -0.137. The number of unbranched alkanes of at least 4 members (excludes halogenated alkanes) is 1. The normalized spacial score (nSPS) is 16.0. The van der Waals surface area contributed by atoms with Crippen LogP contribution in [0.5, 0.6) is 5.75 Å². The molecule has 8 rings (SSSR count). The lowest BCUT2D eigenvalue weighted by Gasteiger charge is -2.31. The van der Waals surface area contributed by atoms with Crippen molar-refractivity contribution in [2.45, 2.75) is 69.7 Å². The van der Waals surface area contributed by atoms with Crippen molar-refractivity contribution >= 4 is 97.8 Å². The van der Waals surface area contributed by atoms with Crippen LogP contribution in [-0.4, -0.2) is 158 Å². The number of nitrogens with one attached hydrogen (secondary N) is 6. The van der Waals surface area contributed by atoms with E-state index >= 15 is 0 Å². The third-order valence-corrected chi connectivity index (χ3v) is 15.3. The summed E-state index contributed by atoms with van der Waals surface area (Å²) < 4.78 is 6.07. The number of piperazine rings is 1. The average molecular weight is 1130 g/mol. The van der Waals surface area contributed by atoms with E-state index in [0.29, 0.717) is 129 Å². The Morgan fingerprint density at radius 2 is 1.49 bits per heavy atom. The van der Waals surface area contributed by atoms with Crippen molar-refractivity contribution in [3.8, 4) is 5.75 Å². The number of imide groups is 1. The molecule has 3 aliphatic heterocycles. The van der Waals surface area contributed by atoms with Crippen LogP contribution in [-0.2, 0) is 24.0 Å². The van der Waals surface area contributed by atoms with Crippen LogP contribution in [0.3, 0.4) is 0 Å². The highest BCUT2D eigenvalue weighted by atomic mass is 35.5. The summed E-state index contributed by atoms with van der Waals surface area (Å²) in [6.45, 7) is 5.50. The van der Waals surface area contributed by atoms with Gasteiger partial charge in [0.2, 0.25) is 17.7 Å². The van der Waals surface area contributed by atoms with E-state index in [1.54, 1.807) is 64.4 Å². The van der Waals surface area contributed by atoms with Gasteiger partial charge in [-0.05, 0) is 137 Å². The van der Waals surface area contributed by atoms with Crippen LogP contribution < -0.4 is 47.7 Å². The molecule has 0 bridgehead atoms. The van der Waals surface area contributed by atoms with Gasteiger partial charge in [-0.3, -0.25) is 38.5 Å². The van der Waals surface area contributed by atoms with Crippen LogP contribution in [0.4, 0.5) is 21.9 Å². The van der Waals surface area contributed by atoms with E-state index in [0.717, 1.165) is 47.2 Å². The topological polar surface area (TPSA) is 287 Å². The van der Waals surface area contributed by atoms with Gasteiger partial charge in [0.25, 0.3) is 23.6 Å². The second kappa shape index (κ2) is 28.6. The predicted molar refractivity (Wildman–Crippen MR) is 312 cm³/mol. The van der Waals surface area contributed by atoms with Crippen molar-refractivity contribution in [2.75, 3.05) is 100 Å². The van der Waals surface area contributed by atoms with Gasteiger partial charge in [-0.1, -0.05) is 24.3 Å². The van der Waals surface area contributed by atoms with Crippen molar-refractivity contribution in [3.05, 3.63) is 108 Å². The van der Waals surface area contributed by atoms with Gasteiger partial charge in [-0.15, -0.1) is 11.6 Å². The molecule has 1 saturated heterocycles. The number of H-pyrrole nitrogens is 1. The number of rotatable bonds is 27. The van der Waals surface area contributed by atoms with E-state index in [1.165, 1.54) is 12.2 Å². The number of aromatic amines is 1. The molecule has 0 saturated carbocycles. The molecule has 22 heteroatoms. The highest BCUT2D eigenvalue weighted by Crippen LogP contribution is 2.46. The van der Waals surface area contributed by atoms with Crippen LogP contribution in [0.25, 0.3) is 21.7 Å². The van der Waals surface area contributed by atoms with Gasteiger partial charge in [-0.25, -0.2) is 4.79 Å². The molecule has 0 aliphatic carbocycles. The molecule has 3 aliphatic rings. The summed E-state index contributed by atoms with van der Waals surface area (Å²) in [6.07, 6.45) is 6.52. The molecule has 3 atom stereocenters. The van der Waals surface area contributed by atoms with E-state index in [2.05, 4.69) is 36.5 Å². The smallest absolute Gasteiger partial charge is 0.409 e. The number of nitrogens with two attached hydrogens (primary N) is 2. The summed E-state index contributed by atoms with van der Waals surface area (Å²) in [4.78, 5) is 114. The number of hydrogen-bond donors (Lipinski definition) is 8. The first-order valence-electron chi connectivity index (χ1n) is 27.9. The number of amides is 8. The minimum atomic E-state index is -0.832. The number of carbonyl (C=O) groups is 8. The number of halogens is 1. The fourth-order valence-corrected chi connectivity index (χ4v) is 10.7. The summed E-state index contributed by atoms with van der Waals surface area (Å²) >= 11 is 6.57. The fraction of sp³-hybridized carbons (Fsp3) is 0.424. The largest absolute Gasteiger partial charge is 0.415 e. The molecule has 430 valence electrons. The Balaban J connectivity index is 0.829. The first-order valence-corrected chi connectivity index (χ1v) is 28.4. The lowest BCUT2D eigenvalue weighted by atomic mass is 9.95. The van der Waals surface area contributed by atoms with Gasteiger partial charge < -0.3 is 62.5 Å². The van der Waals surface area contributed by atoms with Crippen LogP contribution in [0.1, 0.15) is 90.1 Å². The molecule has 1 unspecified atom stereocenters. The van der Waals surface area contributed by atoms with Crippen molar-refractivity contribution in [3.63, 3.8) is 0 Å². The number of hydrogen-bond acceptors (Lipinski definition) is 13. The summed E-state index contributed by atoms with van der Waals surface area (Å²) in [5.74, 6) is -1.80. The van der Waals surface area contributed by atoms with Gasteiger partial charge in [0.05, 0.1) is 5.69 Å². The average Bonchev–Trinajstić information content (AvgIpc) is 3.55. The summed E-state index contributed by atoms with van der Waals surface area (Å²) in [6, 6.07) is 22.1. The molecule has 5 aromatic rings. The molecule has 4 heterocycles. The van der Waals surface area contributed by atoms with Crippen molar-refractivity contribution in [1.29, 1.82) is 0 Å². The highest BCUT2D eigenvalue weighted by molar-refractivity contribution is 6.19. The lowest BCUT2D eigenvalue weighted by Crippen LogP contribution is -2.48. The molecule has 10 N–H and O–H groups in total. The van der Waals surface area contributed by atoms with E-state index < -0.39 is 23.9 Å². The third-order valence-electron chi connectivity index (χ3n) is 15.0. The number of alkyl halides is 1. The molecule has 0 spiro atoms. The maximum Gasteiger partial charge on any atom is 0.415 e. The van der Waals surface area contributed by atoms with E-state index in [-0.39, 0.29) is 66.6 Å². The quantitative estimate of drug-likeness (QED) is 0.0186. The minimum absolute atomic E-state index is 0.00689. The predicted octanol–water partition coefficient (Wildman–Crippen LogP) is 5.40. The first-order chi connectivity index (χ1) is 39.2. The molecular formula is C59H73ClN12O9. The Bertz CT molecular complexity index is 3100. The number of nitrogens with zero attached hydrogens (tertiary/aromatic N) is 4. The monoisotopic (exact) mass is 1130 g/mol. The van der Waals surface area contributed by atoms with Crippen molar-refractivity contribution in [1.82, 2.24) is 35.6 Å². The molecule has 0 radical (unpaired) electrons. The summed E-state index contributed by atoms with van der Waals surface area (Å²) in [7, 11) is 2.02. The van der Waals surface area contributed by atoms with Gasteiger partial charge in [0, 0.05) is 128 Å². The Labute approximate surface area is 475 Å². The highest BCUT2D eigenvalue weighted by Gasteiger charge is 2.36. The standard InChI is InChI=1S/C59H73ClN12O9/c1-69-28-30-70(31-29-69)59(80)81-50-35-49-55(45-10-3-2-9-44(45)50)41(36-60)37-72(49)58(79)48-34-40-33-43(17-18-46(40)67-48)66-56(77)39-13-15-42(16-14-39)65-57(78)47(11-4-5-22-61)68-52(74)32-38(8-6-23-62)21-24-63-25-26-64-51(73)12-7-27-71-53(75)19-20-54(71)76/h2-3,9-10,13-20,33-35,38,41,47,63,67H,4-8,11-12,21-32,36-37,61-62H2,1H3,(H,64,73)(H,65,78)(H,66,77)(H,68,74)/t38?,41-,47+/m1/s1. The van der Waals surface area contributed by atoms with Crippen LogP contribution in [0, 0.1) is 5.92 Å². The molecule has 21 nitrogen and oxygen atoms in total. The van der Waals surface area contributed by atoms with Crippen LogP contribution in [0.2, 0.25) is 0 Å². The molecule has 8 amide bonds. The molecular weight excluding hydrogens is 1060 g/mol. The zero-order chi connectivity index (χ0) is 57.4. The summed E-state index contributed by atoms with van der Waals surface area (Å²) in [5, 5.41) is 17.2. The van der Waals surface area contributed by atoms with Crippen molar-refractivity contribution < 1.29 is 43.1 Å². The SMILES string of the molecule is CN1CCN(C(=O)Oc2cc3c(c4ccccc24)[C@H](CCl)CN3C(=O)c2cc3cc(NC(=O)c4ccc(NC(=O)[C@H](CCCCN)NC(=O)CC(CCCN)CCNCCNC(=O)CCCN5C(=O)C=CC5=O)cc4)ccc3[nH]2)CC1. The number of benzene rings is 4. The van der Waals surface area contributed by atoms with Gasteiger partial charge >= 0.3 is 6.09 Å². The third kappa shape index (κ3) is 15.6. The second-order valence-corrected chi connectivity index (χ2v) is 21.2. The minimum Gasteiger partial charge on any atom is -0.409 e. The number of fused-ring (bicyclic) bond motifs is 4. The molecule has 4 aromatic carbocycles. The van der Waals surface area contributed by atoms with E-state index in [9.17, 15) is 38.4 Å². The van der Waals surface area contributed by atoms with E-state index in [1.807, 2.05) is 31.3 Å². The molecule has 1 fully saturated rings. The number of aromatic nitrogens is 1. The fourth-order valence-electron chi connectivity index (χ4n) is 10.5. The maximum absolute atomic E-state index is 14.4. The molecule has 81 heavy (non-hydrogen) atoms. The first kappa shape index (κ1) is 59.4. The molecule has 1 aromatic heterocycles. The van der Waals surface area contributed by atoms with Gasteiger partial charge in [0.15, 0.2) is 0 Å². The number of ether oxygens (including phenoxy) is 1. The van der Waals surface area contributed by atoms with Gasteiger partial charge in [0.1, 0.15) is 17.5 Å². The van der Waals surface area contributed by atoms with Crippen molar-refractivity contribution in [2.24, 2.45) is 17.4 Å². The van der Waals surface area contributed by atoms with E-state index in [4.69, 9.17) is 27.8 Å². The Kier molecular flexibility index (Phi) is 21.0. The van der Waals surface area contributed by atoms with Gasteiger partial charge in [-0.2, -0.15) is 0 Å². The Morgan fingerprint density at radius 1 is 0.765 bits per heavy atom. The van der Waals surface area contributed by atoms with Crippen LogP contribution in [0.15, 0.2) is 91.0 Å². The number of likely N-dealkylation sites (N-methyl/N-ethyl adjacent to an activating group) is 1. The Morgan fingerprint density at radius 3 is 2.22 bits per heavy atom. The zero-order valence-corrected chi connectivity index (χ0v) is 46.5. The maximum atomic E-state index is 14.4. The zero-order valence-electron chi connectivity index (χ0n) is 45.7. The number of anilines is 3. The van der Waals surface area contributed by atoms with Crippen LogP contribution >= 0.6 is 11.6 Å².